The molecule has 6 heteroatoms. The van der Waals surface area contributed by atoms with Gasteiger partial charge in [0.1, 0.15) is 5.75 Å². The molecule has 1 unspecified atom stereocenters. The zero-order valence-corrected chi connectivity index (χ0v) is 15.5. The Labute approximate surface area is 151 Å². The van der Waals surface area contributed by atoms with Crippen molar-refractivity contribution >= 4 is 34.5 Å². The average molecular weight is 358 g/mol. The van der Waals surface area contributed by atoms with Crippen molar-refractivity contribution < 1.29 is 14.3 Å². The number of thiophene rings is 1. The van der Waals surface area contributed by atoms with Crippen molar-refractivity contribution in [2.75, 3.05) is 17.7 Å². The van der Waals surface area contributed by atoms with Gasteiger partial charge in [0.2, 0.25) is 5.91 Å². The molecule has 0 spiro atoms. The van der Waals surface area contributed by atoms with Crippen LogP contribution in [0.15, 0.2) is 24.3 Å². The first-order valence-corrected chi connectivity index (χ1v) is 9.16. The average Bonchev–Trinajstić information content (AvgIpc) is 2.99. The molecule has 0 saturated carbocycles. The second-order valence-electron chi connectivity index (χ2n) is 6.45. The van der Waals surface area contributed by atoms with Crippen LogP contribution >= 0.6 is 11.3 Å². The summed E-state index contributed by atoms with van der Waals surface area (Å²) >= 11 is 1.56. The molecule has 1 aromatic heterocycles. The number of hydrogen-bond acceptors (Lipinski definition) is 4. The summed E-state index contributed by atoms with van der Waals surface area (Å²) in [7, 11) is 1.56. The van der Waals surface area contributed by atoms with Gasteiger partial charge < -0.3 is 15.4 Å². The largest absolute Gasteiger partial charge is 0.497 e. The number of carbonyl (C=O) groups excluding carboxylic acids is 2. The maximum Gasteiger partial charge on any atom is 0.265 e. The summed E-state index contributed by atoms with van der Waals surface area (Å²) < 4.78 is 5.22. The first-order valence-electron chi connectivity index (χ1n) is 8.35. The molecule has 0 fully saturated rings. The van der Waals surface area contributed by atoms with E-state index >= 15 is 0 Å². The standard InChI is InChI=1S/C19H22N2O3S/c1-11-4-7-17-13(8-11)9-18(25-17)19(23)21-16-10-14(24-3)5-6-15(16)20-12(2)22/h5-6,9-11H,4,7-8H2,1-3H3,(H,20,22)(H,21,23). The third-order valence-corrected chi connectivity index (χ3v) is 5.57. The van der Waals surface area contributed by atoms with Crippen molar-refractivity contribution in [2.45, 2.75) is 33.1 Å². The number of rotatable bonds is 4. The summed E-state index contributed by atoms with van der Waals surface area (Å²) in [5.74, 6) is 0.930. The van der Waals surface area contributed by atoms with Gasteiger partial charge in [-0.05, 0) is 48.9 Å². The molecule has 0 aliphatic heterocycles. The fraction of sp³-hybridized carbons (Fsp3) is 0.368. The lowest BCUT2D eigenvalue weighted by molar-refractivity contribution is -0.114. The highest BCUT2D eigenvalue weighted by molar-refractivity contribution is 7.14. The maximum atomic E-state index is 12.7. The van der Waals surface area contributed by atoms with E-state index in [2.05, 4.69) is 17.6 Å². The van der Waals surface area contributed by atoms with E-state index in [4.69, 9.17) is 4.74 Å². The van der Waals surface area contributed by atoms with Crippen molar-refractivity contribution in [3.63, 3.8) is 0 Å². The molecule has 2 N–H and O–H groups in total. The molecular weight excluding hydrogens is 336 g/mol. The van der Waals surface area contributed by atoms with Gasteiger partial charge in [-0.3, -0.25) is 9.59 Å². The van der Waals surface area contributed by atoms with Crippen molar-refractivity contribution in [3.05, 3.63) is 39.6 Å². The number of ether oxygens (including phenoxy) is 1. The monoisotopic (exact) mass is 358 g/mol. The van der Waals surface area contributed by atoms with Gasteiger partial charge in [-0.1, -0.05) is 6.92 Å². The Morgan fingerprint density at radius 1 is 1.20 bits per heavy atom. The molecule has 1 aliphatic rings. The van der Waals surface area contributed by atoms with E-state index in [0.29, 0.717) is 27.9 Å². The maximum absolute atomic E-state index is 12.7. The van der Waals surface area contributed by atoms with Gasteiger partial charge in [-0.2, -0.15) is 0 Å². The predicted molar refractivity (Wildman–Crippen MR) is 101 cm³/mol. The fourth-order valence-electron chi connectivity index (χ4n) is 3.05. The molecule has 1 heterocycles. The quantitative estimate of drug-likeness (QED) is 0.865. The van der Waals surface area contributed by atoms with Crippen LogP contribution in [0.5, 0.6) is 5.75 Å². The number of anilines is 2. The Morgan fingerprint density at radius 2 is 2.00 bits per heavy atom. The van der Waals surface area contributed by atoms with Crippen LogP contribution in [0.2, 0.25) is 0 Å². The summed E-state index contributed by atoms with van der Waals surface area (Å²) in [6.45, 7) is 3.68. The number of aryl methyl sites for hydroxylation is 1. The van der Waals surface area contributed by atoms with Crippen LogP contribution in [-0.2, 0) is 17.6 Å². The predicted octanol–water partition coefficient (Wildman–Crippen LogP) is 4.09. The molecule has 1 aromatic carbocycles. The van der Waals surface area contributed by atoms with Crippen LogP contribution in [0, 0.1) is 5.92 Å². The molecule has 1 atom stereocenters. The van der Waals surface area contributed by atoms with E-state index in [9.17, 15) is 9.59 Å². The first kappa shape index (κ1) is 17.5. The second-order valence-corrected chi connectivity index (χ2v) is 7.59. The molecule has 0 radical (unpaired) electrons. The van der Waals surface area contributed by atoms with E-state index in [1.54, 1.807) is 36.6 Å². The second kappa shape index (κ2) is 7.27. The van der Waals surface area contributed by atoms with Crippen LogP contribution in [0.4, 0.5) is 11.4 Å². The van der Waals surface area contributed by atoms with E-state index in [0.717, 1.165) is 12.8 Å². The highest BCUT2D eigenvalue weighted by Crippen LogP contribution is 2.33. The molecule has 0 saturated heterocycles. The molecule has 5 nitrogen and oxygen atoms in total. The third kappa shape index (κ3) is 4.02. The van der Waals surface area contributed by atoms with Crippen LogP contribution < -0.4 is 15.4 Å². The van der Waals surface area contributed by atoms with Gasteiger partial charge in [0.25, 0.3) is 5.91 Å². The van der Waals surface area contributed by atoms with Crippen LogP contribution in [-0.4, -0.2) is 18.9 Å². The number of benzene rings is 1. The minimum atomic E-state index is -0.193. The highest BCUT2D eigenvalue weighted by Gasteiger charge is 2.21. The number of amides is 2. The van der Waals surface area contributed by atoms with Gasteiger partial charge >= 0.3 is 0 Å². The molecule has 132 valence electrons. The van der Waals surface area contributed by atoms with E-state index < -0.39 is 0 Å². The lowest BCUT2D eigenvalue weighted by atomic mass is 9.90. The Hall–Kier alpha value is -2.34. The van der Waals surface area contributed by atoms with Crippen molar-refractivity contribution in [1.82, 2.24) is 0 Å². The van der Waals surface area contributed by atoms with Crippen molar-refractivity contribution in [2.24, 2.45) is 5.92 Å². The zero-order chi connectivity index (χ0) is 18.0. The summed E-state index contributed by atoms with van der Waals surface area (Å²) in [6, 6.07) is 7.17. The molecule has 1 aliphatic carbocycles. The molecule has 2 amide bonds. The van der Waals surface area contributed by atoms with Crippen molar-refractivity contribution in [3.8, 4) is 5.75 Å². The number of hydrogen-bond donors (Lipinski definition) is 2. The fourth-order valence-corrected chi connectivity index (χ4v) is 4.16. The van der Waals surface area contributed by atoms with E-state index in [1.165, 1.54) is 23.8 Å². The smallest absolute Gasteiger partial charge is 0.265 e. The molecule has 3 rings (SSSR count). The molecular formula is C19H22N2O3S. The van der Waals surface area contributed by atoms with Crippen LogP contribution in [0.25, 0.3) is 0 Å². The van der Waals surface area contributed by atoms with Gasteiger partial charge in [-0.25, -0.2) is 0 Å². The van der Waals surface area contributed by atoms with Gasteiger partial charge in [-0.15, -0.1) is 11.3 Å². The number of carbonyl (C=O) groups is 2. The van der Waals surface area contributed by atoms with Crippen LogP contribution in [0.1, 0.15) is 40.4 Å². The lowest BCUT2D eigenvalue weighted by Gasteiger charge is -2.16. The topological polar surface area (TPSA) is 67.4 Å². The zero-order valence-electron chi connectivity index (χ0n) is 14.6. The third-order valence-electron chi connectivity index (χ3n) is 4.34. The summed E-state index contributed by atoms with van der Waals surface area (Å²) in [5, 5.41) is 5.63. The Balaban J connectivity index is 1.84. The van der Waals surface area contributed by atoms with Gasteiger partial charge in [0.05, 0.1) is 23.4 Å². The first-order chi connectivity index (χ1) is 12.0. The molecule has 25 heavy (non-hydrogen) atoms. The minimum Gasteiger partial charge on any atom is -0.497 e. The van der Waals surface area contributed by atoms with Crippen molar-refractivity contribution in [1.29, 1.82) is 0 Å². The molecule has 2 aromatic rings. The van der Waals surface area contributed by atoms with E-state index in [1.807, 2.05) is 6.07 Å². The number of methoxy groups -OCH3 is 1. The normalized spacial score (nSPS) is 16.0. The Bertz CT molecular complexity index is 813. The lowest BCUT2D eigenvalue weighted by Crippen LogP contribution is -2.14. The van der Waals surface area contributed by atoms with Crippen LogP contribution in [0.3, 0.4) is 0 Å². The summed E-state index contributed by atoms with van der Waals surface area (Å²) in [4.78, 5) is 26.1. The number of nitrogens with one attached hydrogen (secondary N) is 2. The summed E-state index contributed by atoms with van der Waals surface area (Å²) in [6.07, 6.45) is 3.26. The Kier molecular flexibility index (Phi) is 5.08. The van der Waals surface area contributed by atoms with Gasteiger partial charge in [0, 0.05) is 17.9 Å². The summed E-state index contributed by atoms with van der Waals surface area (Å²) in [5.41, 5.74) is 2.37. The highest BCUT2D eigenvalue weighted by atomic mass is 32.1. The minimum absolute atomic E-state index is 0.160. The number of fused-ring (bicyclic) bond motifs is 1. The molecule has 0 bridgehead atoms. The van der Waals surface area contributed by atoms with Gasteiger partial charge in [0.15, 0.2) is 0 Å². The Morgan fingerprint density at radius 3 is 2.72 bits per heavy atom. The SMILES string of the molecule is COc1ccc(NC(C)=O)c(NC(=O)c2cc3c(s2)CCC(C)C3)c1. The van der Waals surface area contributed by atoms with E-state index in [-0.39, 0.29) is 11.8 Å².